The van der Waals surface area contributed by atoms with E-state index in [1.807, 2.05) is 63.1 Å². The number of thiazole rings is 1. The van der Waals surface area contributed by atoms with E-state index < -0.39 is 0 Å². The second-order valence-corrected chi connectivity index (χ2v) is 6.81. The molecule has 6 heteroatoms. The van der Waals surface area contributed by atoms with E-state index in [1.165, 1.54) is 11.3 Å². The lowest BCUT2D eigenvalue weighted by molar-refractivity contribution is 0.0757. The van der Waals surface area contributed by atoms with Crippen molar-refractivity contribution in [1.29, 1.82) is 0 Å². The number of ether oxygens (including phenoxy) is 1. The number of nitrogens with zero attached hydrogens (tertiary/aromatic N) is 2. The molecule has 0 atom stereocenters. The van der Waals surface area contributed by atoms with Crippen LogP contribution >= 0.6 is 11.3 Å². The van der Waals surface area contributed by atoms with Crippen molar-refractivity contribution in [3.63, 3.8) is 0 Å². The molecule has 0 saturated carbocycles. The van der Waals surface area contributed by atoms with Crippen LogP contribution in [0.2, 0.25) is 0 Å². The first-order chi connectivity index (χ1) is 11.5. The average molecular weight is 347 g/mol. The van der Waals surface area contributed by atoms with Crippen LogP contribution in [-0.4, -0.2) is 37.2 Å². The van der Waals surface area contributed by atoms with Crippen molar-refractivity contribution in [3.05, 3.63) is 40.9 Å². The fourth-order valence-corrected chi connectivity index (χ4v) is 3.14. The maximum atomic E-state index is 12.3. The van der Waals surface area contributed by atoms with E-state index in [-0.39, 0.29) is 12.0 Å². The molecule has 0 aliphatic carbocycles. The third-order valence-electron chi connectivity index (χ3n) is 3.48. The number of aromatic nitrogens is 1. The Labute approximate surface area is 147 Å². The molecule has 1 aromatic heterocycles. The van der Waals surface area contributed by atoms with E-state index in [9.17, 15) is 4.79 Å². The van der Waals surface area contributed by atoms with E-state index in [2.05, 4.69) is 10.3 Å². The zero-order chi connectivity index (χ0) is 17.5. The van der Waals surface area contributed by atoms with Gasteiger partial charge in [0.1, 0.15) is 4.88 Å². The van der Waals surface area contributed by atoms with Gasteiger partial charge in [0.05, 0.1) is 11.8 Å². The van der Waals surface area contributed by atoms with Crippen LogP contribution in [0.5, 0.6) is 0 Å². The van der Waals surface area contributed by atoms with E-state index in [1.54, 1.807) is 0 Å². The minimum atomic E-state index is -0.0674. The number of carbonyl (C=O) groups is 1. The van der Waals surface area contributed by atoms with Gasteiger partial charge in [0.2, 0.25) is 0 Å². The molecule has 0 aliphatic rings. The zero-order valence-corrected chi connectivity index (χ0v) is 15.5. The Morgan fingerprint density at radius 2 is 2.04 bits per heavy atom. The molecule has 1 amide bonds. The summed E-state index contributed by atoms with van der Waals surface area (Å²) in [5.41, 5.74) is 1.80. The maximum absolute atomic E-state index is 12.3. The monoisotopic (exact) mass is 347 g/mol. The number of hydrogen-bond acceptors (Lipinski definition) is 5. The molecule has 0 radical (unpaired) electrons. The molecule has 0 fully saturated rings. The Morgan fingerprint density at radius 1 is 1.33 bits per heavy atom. The molecule has 24 heavy (non-hydrogen) atoms. The fraction of sp³-hybridized carbons (Fsp3) is 0.444. The van der Waals surface area contributed by atoms with Gasteiger partial charge < -0.3 is 15.0 Å². The molecule has 0 aliphatic heterocycles. The molecule has 0 unspecified atom stereocenters. The SMILES string of the molecule is Cc1nc(N(C)c2ccccc2)sc1C(=O)NCCCOC(C)C. The minimum Gasteiger partial charge on any atom is -0.379 e. The molecule has 0 spiro atoms. The Hall–Kier alpha value is -1.92. The largest absolute Gasteiger partial charge is 0.379 e. The highest BCUT2D eigenvalue weighted by Gasteiger charge is 2.17. The summed E-state index contributed by atoms with van der Waals surface area (Å²) in [6.45, 7) is 7.14. The summed E-state index contributed by atoms with van der Waals surface area (Å²) in [5, 5.41) is 3.75. The van der Waals surface area contributed by atoms with E-state index in [0.717, 1.165) is 22.9 Å². The molecule has 1 aromatic carbocycles. The number of carbonyl (C=O) groups excluding carboxylic acids is 1. The molecular weight excluding hydrogens is 322 g/mol. The van der Waals surface area contributed by atoms with Crippen molar-refractivity contribution in [2.45, 2.75) is 33.3 Å². The van der Waals surface area contributed by atoms with Gasteiger partial charge in [0, 0.05) is 25.9 Å². The van der Waals surface area contributed by atoms with Crippen LogP contribution in [-0.2, 0) is 4.74 Å². The van der Waals surface area contributed by atoms with Crippen molar-refractivity contribution in [2.75, 3.05) is 25.1 Å². The van der Waals surface area contributed by atoms with Gasteiger partial charge in [-0.3, -0.25) is 4.79 Å². The van der Waals surface area contributed by atoms with Crippen LogP contribution in [0.25, 0.3) is 0 Å². The molecule has 0 bridgehead atoms. The molecular formula is C18H25N3O2S. The van der Waals surface area contributed by atoms with Crippen molar-refractivity contribution in [1.82, 2.24) is 10.3 Å². The van der Waals surface area contributed by atoms with Gasteiger partial charge in [0.25, 0.3) is 5.91 Å². The lowest BCUT2D eigenvalue weighted by Gasteiger charge is -2.15. The number of anilines is 2. The predicted octanol–water partition coefficient (Wildman–Crippen LogP) is 3.76. The quantitative estimate of drug-likeness (QED) is 0.739. The second kappa shape index (κ2) is 8.80. The number of nitrogens with one attached hydrogen (secondary N) is 1. The summed E-state index contributed by atoms with van der Waals surface area (Å²) in [7, 11) is 1.96. The minimum absolute atomic E-state index is 0.0674. The van der Waals surface area contributed by atoms with Crippen LogP contribution < -0.4 is 10.2 Å². The summed E-state index contributed by atoms with van der Waals surface area (Å²) in [4.78, 5) is 19.5. The van der Waals surface area contributed by atoms with E-state index in [4.69, 9.17) is 4.74 Å². The van der Waals surface area contributed by atoms with Crippen molar-refractivity contribution in [2.24, 2.45) is 0 Å². The van der Waals surface area contributed by atoms with Gasteiger partial charge in [-0.15, -0.1) is 0 Å². The van der Waals surface area contributed by atoms with Crippen molar-refractivity contribution >= 4 is 28.1 Å². The van der Waals surface area contributed by atoms with Crippen LogP contribution in [0.4, 0.5) is 10.8 Å². The van der Waals surface area contributed by atoms with Crippen molar-refractivity contribution < 1.29 is 9.53 Å². The predicted molar refractivity (Wildman–Crippen MR) is 99.4 cm³/mol. The second-order valence-electron chi connectivity index (χ2n) is 5.83. The summed E-state index contributed by atoms with van der Waals surface area (Å²) in [5.74, 6) is -0.0674. The van der Waals surface area contributed by atoms with Gasteiger partial charge in [-0.25, -0.2) is 4.98 Å². The number of hydrogen-bond donors (Lipinski definition) is 1. The lowest BCUT2D eigenvalue weighted by Crippen LogP contribution is -2.25. The average Bonchev–Trinajstić information content (AvgIpc) is 2.96. The number of aryl methyl sites for hydroxylation is 1. The first-order valence-corrected chi connectivity index (χ1v) is 8.96. The normalized spacial score (nSPS) is 10.9. The molecule has 1 heterocycles. The standard InChI is InChI=1S/C18H25N3O2S/c1-13(2)23-12-8-11-19-17(22)16-14(3)20-18(24-16)21(4)15-9-6-5-7-10-15/h5-7,9-10,13H,8,11-12H2,1-4H3,(H,19,22). The number of benzene rings is 1. The Bertz CT molecular complexity index is 656. The van der Waals surface area contributed by atoms with E-state index in [0.29, 0.717) is 18.0 Å². The van der Waals surface area contributed by atoms with Gasteiger partial charge in [-0.2, -0.15) is 0 Å². The summed E-state index contributed by atoms with van der Waals surface area (Å²) < 4.78 is 5.47. The highest BCUT2D eigenvalue weighted by molar-refractivity contribution is 7.17. The first-order valence-electron chi connectivity index (χ1n) is 8.15. The topological polar surface area (TPSA) is 54.5 Å². The molecule has 5 nitrogen and oxygen atoms in total. The highest BCUT2D eigenvalue weighted by atomic mass is 32.1. The first kappa shape index (κ1) is 18.4. The number of rotatable bonds is 8. The van der Waals surface area contributed by atoms with E-state index >= 15 is 0 Å². The van der Waals surface area contributed by atoms with Crippen LogP contribution in [0.15, 0.2) is 30.3 Å². The number of para-hydroxylation sites is 1. The van der Waals surface area contributed by atoms with Crippen LogP contribution in [0, 0.1) is 6.92 Å². The van der Waals surface area contributed by atoms with Gasteiger partial charge in [-0.1, -0.05) is 29.5 Å². The third kappa shape index (κ3) is 5.04. The molecule has 2 rings (SSSR count). The summed E-state index contributed by atoms with van der Waals surface area (Å²) in [6.07, 6.45) is 1.03. The molecule has 1 N–H and O–H groups in total. The molecule has 0 saturated heterocycles. The molecule has 2 aromatic rings. The lowest BCUT2D eigenvalue weighted by atomic mass is 10.3. The smallest absolute Gasteiger partial charge is 0.263 e. The van der Waals surface area contributed by atoms with Crippen LogP contribution in [0.1, 0.15) is 35.6 Å². The number of amides is 1. The fourth-order valence-electron chi connectivity index (χ4n) is 2.17. The van der Waals surface area contributed by atoms with Gasteiger partial charge in [0.15, 0.2) is 5.13 Å². The van der Waals surface area contributed by atoms with Crippen LogP contribution in [0.3, 0.4) is 0 Å². The Kier molecular flexibility index (Phi) is 6.75. The van der Waals surface area contributed by atoms with Crippen molar-refractivity contribution in [3.8, 4) is 0 Å². The Balaban J connectivity index is 1.94. The zero-order valence-electron chi connectivity index (χ0n) is 14.7. The highest BCUT2D eigenvalue weighted by Crippen LogP contribution is 2.30. The van der Waals surface area contributed by atoms with Gasteiger partial charge >= 0.3 is 0 Å². The maximum Gasteiger partial charge on any atom is 0.263 e. The molecule has 130 valence electrons. The van der Waals surface area contributed by atoms with Gasteiger partial charge in [-0.05, 0) is 39.3 Å². The summed E-state index contributed by atoms with van der Waals surface area (Å²) >= 11 is 1.41. The summed E-state index contributed by atoms with van der Waals surface area (Å²) in [6, 6.07) is 9.99. The Morgan fingerprint density at radius 3 is 2.71 bits per heavy atom. The third-order valence-corrected chi connectivity index (χ3v) is 4.71.